The average molecular weight is 397 g/mol. The first kappa shape index (κ1) is 17.8. The van der Waals surface area contributed by atoms with E-state index in [1.807, 2.05) is 0 Å². The molecule has 0 saturated heterocycles. The normalized spacial score (nSPS) is 12.5. The molecule has 8 nitrogen and oxygen atoms in total. The Kier molecular flexibility index (Phi) is 4.78. The third-order valence-corrected chi connectivity index (χ3v) is 8.77. The topological polar surface area (TPSA) is 115 Å². The van der Waals surface area contributed by atoms with Crippen LogP contribution in [-0.2, 0) is 20.0 Å². The van der Waals surface area contributed by atoms with Gasteiger partial charge in [-0.15, -0.1) is 11.3 Å². The molecule has 0 bridgehead atoms. The summed E-state index contributed by atoms with van der Waals surface area (Å²) in [6.45, 7) is 0. The highest BCUT2D eigenvalue weighted by atomic mass is 35.5. The largest absolute Gasteiger partial charge is 0.289 e. The van der Waals surface area contributed by atoms with Crippen molar-refractivity contribution < 1.29 is 21.8 Å². The van der Waals surface area contributed by atoms with E-state index in [4.69, 9.17) is 11.6 Å². The molecule has 2 aromatic rings. The number of nitrogens with zero attached hydrogens (tertiary/aromatic N) is 2. The van der Waals surface area contributed by atoms with E-state index < -0.39 is 35.6 Å². The molecule has 1 aromatic carbocycles. The van der Waals surface area contributed by atoms with Gasteiger partial charge in [-0.1, -0.05) is 21.4 Å². The van der Waals surface area contributed by atoms with Gasteiger partial charge in [-0.3, -0.25) is 10.1 Å². The van der Waals surface area contributed by atoms with Crippen molar-refractivity contribution in [3.63, 3.8) is 0 Å². The van der Waals surface area contributed by atoms with E-state index in [0.717, 1.165) is 36.6 Å². The Morgan fingerprint density at radius 2 is 1.83 bits per heavy atom. The molecule has 0 aliphatic heterocycles. The van der Waals surface area contributed by atoms with Gasteiger partial charge in [0.15, 0.2) is 0 Å². The van der Waals surface area contributed by atoms with E-state index in [2.05, 4.69) is 0 Å². The lowest BCUT2D eigenvalue weighted by atomic mass is 10.3. The molecule has 0 radical (unpaired) electrons. The van der Waals surface area contributed by atoms with Crippen LogP contribution in [0.3, 0.4) is 0 Å². The average Bonchev–Trinajstić information content (AvgIpc) is 3.01. The SMILES string of the molecule is CN(S(=O)(=O)c1ccc(Cl)c([N+](=O)[O-])c1)S(=O)(=O)c1cccs1. The van der Waals surface area contributed by atoms with Crippen molar-refractivity contribution in [1.82, 2.24) is 3.71 Å². The molecule has 0 saturated carbocycles. The summed E-state index contributed by atoms with van der Waals surface area (Å²) < 4.78 is 49.5. The Hall–Kier alpha value is -1.53. The van der Waals surface area contributed by atoms with Crippen LogP contribution < -0.4 is 0 Å². The van der Waals surface area contributed by atoms with Gasteiger partial charge >= 0.3 is 0 Å². The zero-order valence-corrected chi connectivity index (χ0v) is 14.6. The predicted octanol–water partition coefficient (Wildman–Crippen LogP) is 2.32. The molecule has 0 fully saturated rings. The second kappa shape index (κ2) is 6.17. The van der Waals surface area contributed by atoms with Crippen molar-refractivity contribution in [2.75, 3.05) is 7.05 Å². The first-order chi connectivity index (χ1) is 10.6. The van der Waals surface area contributed by atoms with Gasteiger partial charge in [-0.05, 0) is 23.6 Å². The fraction of sp³-hybridized carbons (Fsp3) is 0.0909. The molecule has 0 amide bonds. The van der Waals surface area contributed by atoms with E-state index in [0.29, 0.717) is 0 Å². The van der Waals surface area contributed by atoms with Crippen LogP contribution in [0.25, 0.3) is 0 Å². The van der Waals surface area contributed by atoms with Gasteiger partial charge < -0.3 is 0 Å². The maximum Gasteiger partial charge on any atom is 0.289 e. The molecule has 1 heterocycles. The first-order valence-electron chi connectivity index (χ1n) is 5.80. The maximum atomic E-state index is 12.4. The molecule has 1 aromatic heterocycles. The van der Waals surface area contributed by atoms with Crippen LogP contribution in [0.5, 0.6) is 0 Å². The van der Waals surface area contributed by atoms with Gasteiger partial charge in [0.2, 0.25) is 0 Å². The Morgan fingerprint density at radius 1 is 1.17 bits per heavy atom. The molecule has 0 spiro atoms. The molecular formula is C11H9ClN2O6S3. The number of benzene rings is 1. The fourth-order valence-electron chi connectivity index (χ4n) is 1.61. The number of nitro benzene ring substituents is 1. The van der Waals surface area contributed by atoms with E-state index >= 15 is 0 Å². The van der Waals surface area contributed by atoms with Crippen molar-refractivity contribution in [3.8, 4) is 0 Å². The molecule has 0 aliphatic carbocycles. The molecule has 2 rings (SSSR count). The monoisotopic (exact) mass is 396 g/mol. The van der Waals surface area contributed by atoms with Crippen LogP contribution in [0.4, 0.5) is 5.69 Å². The smallest absolute Gasteiger partial charge is 0.258 e. The Bertz CT molecular complexity index is 954. The van der Waals surface area contributed by atoms with Crippen LogP contribution in [0.15, 0.2) is 44.8 Å². The summed E-state index contributed by atoms with van der Waals surface area (Å²) in [5.41, 5.74) is -0.630. The molecule has 124 valence electrons. The molecule has 23 heavy (non-hydrogen) atoms. The summed E-state index contributed by atoms with van der Waals surface area (Å²) in [7, 11) is -7.92. The van der Waals surface area contributed by atoms with Crippen molar-refractivity contribution in [2.24, 2.45) is 0 Å². The minimum Gasteiger partial charge on any atom is -0.258 e. The number of hydrogen-bond donors (Lipinski definition) is 0. The van der Waals surface area contributed by atoms with E-state index in [9.17, 15) is 26.9 Å². The van der Waals surface area contributed by atoms with Crippen LogP contribution in [0.2, 0.25) is 5.02 Å². The minimum absolute atomic E-state index is 0.160. The summed E-state index contributed by atoms with van der Waals surface area (Å²) in [6, 6.07) is 5.48. The highest BCUT2D eigenvalue weighted by Gasteiger charge is 2.34. The van der Waals surface area contributed by atoms with E-state index in [1.54, 1.807) is 0 Å². The lowest BCUT2D eigenvalue weighted by Gasteiger charge is -2.16. The quantitative estimate of drug-likeness (QED) is 0.565. The number of nitro groups is 1. The zero-order valence-electron chi connectivity index (χ0n) is 11.4. The summed E-state index contributed by atoms with van der Waals surface area (Å²) in [5, 5.41) is 12.1. The van der Waals surface area contributed by atoms with Gasteiger partial charge in [0.25, 0.3) is 25.7 Å². The number of thiophene rings is 1. The molecule has 0 N–H and O–H groups in total. The summed E-state index contributed by atoms with van der Waals surface area (Å²) in [5.74, 6) is 0. The summed E-state index contributed by atoms with van der Waals surface area (Å²) in [4.78, 5) is 9.45. The third-order valence-electron chi connectivity index (χ3n) is 2.84. The molecule has 0 atom stereocenters. The van der Waals surface area contributed by atoms with Crippen molar-refractivity contribution in [2.45, 2.75) is 9.10 Å². The number of sulfonamides is 2. The second-order valence-corrected chi connectivity index (χ2v) is 9.94. The molecule has 0 unspecified atom stereocenters. The van der Waals surface area contributed by atoms with Gasteiger partial charge in [-0.25, -0.2) is 16.8 Å². The van der Waals surface area contributed by atoms with Gasteiger partial charge in [0, 0.05) is 13.1 Å². The Morgan fingerprint density at radius 3 is 2.35 bits per heavy atom. The van der Waals surface area contributed by atoms with Crippen LogP contribution in [0.1, 0.15) is 0 Å². The Balaban J connectivity index is 2.55. The Labute approximate surface area is 141 Å². The highest BCUT2D eigenvalue weighted by Crippen LogP contribution is 2.30. The summed E-state index contributed by atoms with van der Waals surface area (Å²) >= 11 is 6.48. The lowest BCUT2D eigenvalue weighted by molar-refractivity contribution is -0.384. The highest BCUT2D eigenvalue weighted by molar-refractivity contribution is 8.04. The van der Waals surface area contributed by atoms with Gasteiger partial charge in [0.1, 0.15) is 9.23 Å². The predicted molar refractivity (Wildman–Crippen MR) is 84.6 cm³/mol. The van der Waals surface area contributed by atoms with E-state index in [-0.39, 0.29) is 12.9 Å². The van der Waals surface area contributed by atoms with Crippen molar-refractivity contribution in [1.29, 1.82) is 0 Å². The number of hydrogen-bond acceptors (Lipinski definition) is 7. The number of halogens is 1. The van der Waals surface area contributed by atoms with Crippen LogP contribution in [0, 0.1) is 10.1 Å². The van der Waals surface area contributed by atoms with Crippen molar-refractivity contribution >= 4 is 48.7 Å². The molecule has 0 aliphatic rings. The lowest BCUT2D eigenvalue weighted by Crippen LogP contribution is -2.32. The van der Waals surface area contributed by atoms with Crippen LogP contribution in [-0.4, -0.2) is 32.5 Å². The van der Waals surface area contributed by atoms with Gasteiger partial charge in [0.05, 0.1) is 9.82 Å². The second-order valence-electron chi connectivity index (χ2n) is 4.19. The standard InChI is InChI=1S/C11H9ClN2O6S3/c1-13(23(19,20)11-3-2-6-21-11)22(17,18)8-4-5-9(12)10(7-8)14(15)16/h2-7H,1H3. The molecule has 12 heteroatoms. The number of rotatable bonds is 5. The third kappa shape index (κ3) is 3.23. The minimum atomic E-state index is -4.51. The first-order valence-corrected chi connectivity index (χ1v) is 9.94. The fourth-order valence-corrected chi connectivity index (χ4v) is 6.21. The van der Waals surface area contributed by atoms with Crippen LogP contribution >= 0.6 is 22.9 Å². The summed E-state index contributed by atoms with van der Waals surface area (Å²) in [6.07, 6.45) is 0. The van der Waals surface area contributed by atoms with Gasteiger partial charge in [-0.2, -0.15) is 0 Å². The van der Waals surface area contributed by atoms with Crippen molar-refractivity contribution in [3.05, 3.63) is 50.8 Å². The van der Waals surface area contributed by atoms with E-state index in [1.165, 1.54) is 17.5 Å². The zero-order chi connectivity index (χ0) is 17.4. The molecular weight excluding hydrogens is 388 g/mol. The maximum absolute atomic E-state index is 12.4.